The maximum Gasteiger partial charge on any atom is 0.227 e. The zero-order valence-corrected chi connectivity index (χ0v) is 23.8. The summed E-state index contributed by atoms with van der Waals surface area (Å²) in [6.07, 6.45) is 0. The van der Waals surface area contributed by atoms with Crippen LogP contribution in [0.3, 0.4) is 0 Å². The van der Waals surface area contributed by atoms with Crippen LogP contribution >= 0.6 is 0 Å². The van der Waals surface area contributed by atoms with Gasteiger partial charge in [-0.3, -0.25) is 0 Å². The molecular formula is C41H26N2O. The molecule has 1 aliphatic carbocycles. The average molecular weight is 563 g/mol. The van der Waals surface area contributed by atoms with Crippen LogP contribution in [0.1, 0.15) is 0 Å². The molecule has 7 aromatic carbocycles. The number of benzene rings is 7. The van der Waals surface area contributed by atoms with Gasteiger partial charge < -0.3 is 9.32 Å². The van der Waals surface area contributed by atoms with Crippen LogP contribution in [-0.4, -0.2) is 4.98 Å². The third-order valence-corrected chi connectivity index (χ3v) is 8.61. The standard InChI is InChI=1S/C41H26N2O/c1-3-11-27(12-4-1)30-15-9-18-33(26-30)43(32-16-5-2-6-17-32)37-24-23-35-38-34(37)19-10-20-36(38)40-39(35)42-41(44-40)31-22-21-28-13-7-8-14-29(28)25-31/h1-26H. The van der Waals surface area contributed by atoms with E-state index in [1.807, 2.05) is 0 Å². The number of oxazole rings is 1. The molecule has 0 unspecified atom stereocenters. The van der Waals surface area contributed by atoms with E-state index < -0.39 is 0 Å². The molecule has 0 spiro atoms. The van der Waals surface area contributed by atoms with E-state index in [2.05, 4.69) is 163 Å². The van der Waals surface area contributed by atoms with Crippen LogP contribution in [0.5, 0.6) is 0 Å². The van der Waals surface area contributed by atoms with Gasteiger partial charge in [-0.1, -0.05) is 109 Å². The molecular weight excluding hydrogens is 536 g/mol. The van der Waals surface area contributed by atoms with Crippen LogP contribution in [-0.2, 0) is 0 Å². The number of aromatic nitrogens is 1. The number of anilines is 3. The van der Waals surface area contributed by atoms with Crippen molar-refractivity contribution in [2.24, 2.45) is 0 Å². The molecule has 3 heteroatoms. The van der Waals surface area contributed by atoms with Gasteiger partial charge in [0.1, 0.15) is 5.69 Å². The van der Waals surface area contributed by atoms with Crippen LogP contribution in [0.4, 0.5) is 17.1 Å². The topological polar surface area (TPSA) is 29.3 Å². The number of nitrogens with zero attached hydrogens (tertiary/aromatic N) is 2. The van der Waals surface area contributed by atoms with Gasteiger partial charge in [0.25, 0.3) is 0 Å². The summed E-state index contributed by atoms with van der Waals surface area (Å²) in [6.45, 7) is 0. The van der Waals surface area contributed by atoms with Gasteiger partial charge in [-0.15, -0.1) is 0 Å². The van der Waals surface area contributed by atoms with Gasteiger partial charge in [-0.25, -0.2) is 4.98 Å². The minimum absolute atomic E-state index is 0.649. The smallest absolute Gasteiger partial charge is 0.227 e. The Hall–Kier alpha value is -5.93. The van der Waals surface area contributed by atoms with E-state index in [9.17, 15) is 0 Å². The Bertz CT molecular complexity index is 2310. The Morgan fingerprint density at radius 2 is 1.20 bits per heavy atom. The molecule has 0 N–H and O–H groups in total. The average Bonchev–Trinajstić information content (AvgIpc) is 3.66. The van der Waals surface area contributed by atoms with Crippen molar-refractivity contribution in [2.75, 3.05) is 4.90 Å². The van der Waals surface area contributed by atoms with Gasteiger partial charge in [-0.2, -0.15) is 0 Å². The number of hydrogen-bond donors (Lipinski definition) is 0. The van der Waals surface area contributed by atoms with Crippen LogP contribution in [0, 0.1) is 0 Å². The summed E-state index contributed by atoms with van der Waals surface area (Å²) < 4.78 is 6.54. The summed E-state index contributed by atoms with van der Waals surface area (Å²) in [7, 11) is 0. The van der Waals surface area contributed by atoms with Crippen molar-refractivity contribution in [3.63, 3.8) is 0 Å². The van der Waals surface area contributed by atoms with Gasteiger partial charge in [0.15, 0.2) is 5.76 Å². The van der Waals surface area contributed by atoms with Crippen molar-refractivity contribution >= 4 is 38.6 Å². The summed E-state index contributed by atoms with van der Waals surface area (Å²) in [5.41, 5.74) is 9.77. The summed E-state index contributed by atoms with van der Waals surface area (Å²) in [4.78, 5) is 7.41. The molecule has 0 saturated heterocycles. The van der Waals surface area contributed by atoms with E-state index in [1.54, 1.807) is 0 Å². The van der Waals surface area contributed by atoms with Crippen LogP contribution in [0.15, 0.2) is 162 Å². The lowest BCUT2D eigenvalue weighted by Gasteiger charge is -2.27. The quantitative estimate of drug-likeness (QED) is 0.209. The van der Waals surface area contributed by atoms with Gasteiger partial charge >= 0.3 is 0 Å². The third kappa shape index (κ3) is 3.87. The highest BCUT2D eigenvalue weighted by atomic mass is 16.4. The second kappa shape index (κ2) is 9.82. The molecule has 0 amide bonds. The molecule has 1 heterocycles. The Labute approximate surface area is 255 Å². The van der Waals surface area contributed by atoms with Crippen molar-refractivity contribution in [1.82, 2.24) is 4.98 Å². The van der Waals surface area contributed by atoms with Gasteiger partial charge in [0, 0.05) is 38.8 Å². The summed E-state index contributed by atoms with van der Waals surface area (Å²) in [5.74, 6) is 1.49. The van der Waals surface area contributed by atoms with Crippen LogP contribution in [0.2, 0.25) is 0 Å². The summed E-state index contributed by atoms with van der Waals surface area (Å²) >= 11 is 0. The second-order valence-electron chi connectivity index (χ2n) is 11.2. The first-order chi connectivity index (χ1) is 21.8. The molecule has 44 heavy (non-hydrogen) atoms. The van der Waals surface area contributed by atoms with E-state index in [4.69, 9.17) is 9.40 Å². The molecule has 1 aliphatic rings. The first kappa shape index (κ1) is 24.6. The van der Waals surface area contributed by atoms with E-state index in [0.717, 1.165) is 50.6 Å². The van der Waals surface area contributed by atoms with Gasteiger partial charge in [-0.05, 0) is 70.4 Å². The zero-order valence-electron chi connectivity index (χ0n) is 23.8. The molecule has 0 fully saturated rings. The Kier molecular flexibility index (Phi) is 5.50. The Morgan fingerprint density at radius 1 is 0.477 bits per heavy atom. The van der Waals surface area contributed by atoms with Crippen LogP contribution in [0.25, 0.3) is 66.7 Å². The maximum absolute atomic E-state index is 6.54. The molecule has 0 saturated carbocycles. The molecule has 9 rings (SSSR count). The predicted molar refractivity (Wildman–Crippen MR) is 181 cm³/mol. The summed E-state index contributed by atoms with van der Waals surface area (Å²) in [5, 5.41) is 4.72. The van der Waals surface area contributed by atoms with Gasteiger partial charge in [0.05, 0.1) is 5.69 Å². The Balaban J connectivity index is 1.20. The summed E-state index contributed by atoms with van der Waals surface area (Å²) in [6, 6.07) is 55.6. The highest BCUT2D eigenvalue weighted by molar-refractivity contribution is 6.17. The van der Waals surface area contributed by atoms with E-state index in [1.165, 1.54) is 27.3 Å². The minimum Gasteiger partial charge on any atom is -0.435 e. The predicted octanol–water partition coefficient (Wildman–Crippen LogP) is 11.4. The normalized spacial score (nSPS) is 11.6. The number of para-hydroxylation sites is 1. The third-order valence-electron chi connectivity index (χ3n) is 8.61. The molecule has 0 aliphatic heterocycles. The molecule has 1 aromatic heterocycles. The second-order valence-corrected chi connectivity index (χ2v) is 11.2. The lowest BCUT2D eigenvalue weighted by molar-refractivity contribution is 0.590. The lowest BCUT2D eigenvalue weighted by atomic mass is 10.00. The Morgan fingerprint density at radius 3 is 2.07 bits per heavy atom. The molecule has 8 aromatic rings. The first-order valence-electron chi connectivity index (χ1n) is 14.9. The van der Waals surface area contributed by atoms with Crippen molar-refractivity contribution in [3.8, 4) is 45.2 Å². The monoisotopic (exact) mass is 562 g/mol. The fourth-order valence-electron chi connectivity index (χ4n) is 6.56. The molecule has 3 nitrogen and oxygen atoms in total. The van der Waals surface area contributed by atoms with Gasteiger partial charge in [0.2, 0.25) is 5.89 Å². The fourth-order valence-corrected chi connectivity index (χ4v) is 6.56. The van der Waals surface area contributed by atoms with E-state index >= 15 is 0 Å². The van der Waals surface area contributed by atoms with Crippen molar-refractivity contribution in [3.05, 3.63) is 158 Å². The van der Waals surface area contributed by atoms with Crippen LogP contribution < -0.4 is 4.90 Å². The maximum atomic E-state index is 6.54. The highest BCUT2D eigenvalue weighted by Gasteiger charge is 2.30. The zero-order chi connectivity index (χ0) is 29.0. The highest BCUT2D eigenvalue weighted by Crippen LogP contribution is 2.52. The van der Waals surface area contributed by atoms with E-state index in [-0.39, 0.29) is 0 Å². The number of hydrogen-bond acceptors (Lipinski definition) is 3. The molecule has 0 atom stereocenters. The molecule has 0 radical (unpaired) electrons. The SMILES string of the molecule is c1ccc(-c2cccc(N(c3ccccc3)c3ccc4c5c(cccc35)-c3oc(-c5ccc6ccccc6c5)nc3-4)c2)cc1. The lowest BCUT2D eigenvalue weighted by Crippen LogP contribution is -2.10. The minimum atomic E-state index is 0.649. The number of fused-ring (bicyclic) bond motifs is 4. The van der Waals surface area contributed by atoms with Crippen molar-refractivity contribution < 1.29 is 4.42 Å². The molecule has 206 valence electrons. The first-order valence-corrected chi connectivity index (χ1v) is 14.9. The fraction of sp³-hybridized carbons (Fsp3) is 0. The number of rotatable bonds is 5. The van der Waals surface area contributed by atoms with E-state index in [0.29, 0.717) is 5.89 Å². The van der Waals surface area contributed by atoms with Crippen molar-refractivity contribution in [2.45, 2.75) is 0 Å². The van der Waals surface area contributed by atoms with Crippen molar-refractivity contribution in [1.29, 1.82) is 0 Å². The largest absolute Gasteiger partial charge is 0.435 e. The molecule has 0 bridgehead atoms.